The molecule has 0 heterocycles. The minimum absolute atomic E-state index is 0.0332. The Morgan fingerprint density at radius 1 is 1.18 bits per heavy atom. The Balaban J connectivity index is 2.72. The summed E-state index contributed by atoms with van der Waals surface area (Å²) >= 11 is 4.78. The molecule has 0 spiro atoms. The molecule has 0 radical (unpaired) electrons. The summed E-state index contributed by atoms with van der Waals surface area (Å²) in [6.45, 7) is 3.64. The highest BCUT2D eigenvalue weighted by Gasteiger charge is 2.04. The van der Waals surface area contributed by atoms with Crippen molar-refractivity contribution in [2.45, 2.75) is 6.92 Å². The van der Waals surface area contributed by atoms with Crippen LogP contribution in [-0.4, -0.2) is 27.9 Å². The number of hydrogen-bond donors (Lipinski definition) is 1. The van der Waals surface area contributed by atoms with Crippen molar-refractivity contribution < 1.29 is 4.79 Å². The first kappa shape index (κ1) is 15.0. The minimum atomic E-state index is -0.0332. The van der Waals surface area contributed by atoms with Crippen LogP contribution in [0.25, 0.3) is 0 Å². The highest BCUT2D eigenvalue weighted by molar-refractivity contribution is 14.1. The Hall–Kier alpha value is -0.0500. The largest absolute Gasteiger partial charge is 0.370 e. The lowest BCUT2D eigenvalue weighted by Crippen LogP contribution is -2.27. The maximum Gasteiger partial charge on any atom is 0.221 e. The number of hydrogen-bond acceptors (Lipinski definition) is 2. The number of halogens is 2. The number of benzene rings is 1. The van der Waals surface area contributed by atoms with Crippen molar-refractivity contribution in [3.8, 4) is 0 Å². The van der Waals surface area contributed by atoms with E-state index in [1.165, 1.54) is 12.6 Å². The summed E-state index contributed by atoms with van der Waals surface area (Å²) in [5.74, 6) is -0.0332. The normalized spacial score (nSPS) is 10.1. The van der Waals surface area contributed by atoms with Crippen LogP contribution in [0.1, 0.15) is 6.92 Å². The molecule has 0 aliphatic heterocycles. The fourth-order valence-electron chi connectivity index (χ4n) is 1.53. The molecule has 1 amide bonds. The molecular formula is C12H16I2N2O. The molecule has 0 fully saturated rings. The van der Waals surface area contributed by atoms with Crippen molar-refractivity contribution >= 4 is 62.5 Å². The van der Waals surface area contributed by atoms with E-state index in [2.05, 4.69) is 67.5 Å². The van der Waals surface area contributed by atoms with Crippen LogP contribution in [0.4, 0.5) is 11.4 Å². The SMILES string of the molecule is CC(=O)Nc1ccc(N(CCI)CCI)cc1. The van der Waals surface area contributed by atoms with Crippen molar-refractivity contribution in [2.75, 3.05) is 32.2 Å². The Morgan fingerprint density at radius 2 is 1.71 bits per heavy atom. The van der Waals surface area contributed by atoms with Crippen LogP contribution >= 0.6 is 45.2 Å². The van der Waals surface area contributed by atoms with E-state index >= 15 is 0 Å². The van der Waals surface area contributed by atoms with Gasteiger partial charge < -0.3 is 10.2 Å². The summed E-state index contributed by atoms with van der Waals surface area (Å²) in [6.07, 6.45) is 0. The molecule has 17 heavy (non-hydrogen) atoms. The van der Waals surface area contributed by atoms with Crippen molar-refractivity contribution in [2.24, 2.45) is 0 Å². The number of amides is 1. The third-order valence-corrected chi connectivity index (χ3v) is 3.23. The molecule has 0 saturated carbocycles. The number of nitrogens with one attached hydrogen (secondary N) is 1. The minimum Gasteiger partial charge on any atom is -0.370 e. The number of carbonyl (C=O) groups is 1. The van der Waals surface area contributed by atoms with E-state index in [1.807, 2.05) is 12.1 Å². The van der Waals surface area contributed by atoms with Gasteiger partial charge in [-0.1, -0.05) is 45.2 Å². The van der Waals surface area contributed by atoms with Gasteiger partial charge in [0.1, 0.15) is 0 Å². The van der Waals surface area contributed by atoms with Crippen molar-refractivity contribution in [1.29, 1.82) is 0 Å². The molecule has 0 aliphatic rings. The Kier molecular flexibility index (Phi) is 7.17. The predicted molar refractivity (Wildman–Crippen MR) is 90.7 cm³/mol. The van der Waals surface area contributed by atoms with E-state index in [0.29, 0.717) is 0 Å². The van der Waals surface area contributed by atoms with Gasteiger partial charge in [-0.25, -0.2) is 0 Å². The molecule has 1 rings (SSSR count). The molecule has 94 valence electrons. The van der Waals surface area contributed by atoms with Crippen LogP contribution in [0.5, 0.6) is 0 Å². The summed E-state index contributed by atoms with van der Waals surface area (Å²) in [5, 5.41) is 2.77. The molecule has 0 saturated heterocycles. The molecule has 0 bridgehead atoms. The van der Waals surface area contributed by atoms with E-state index in [9.17, 15) is 4.79 Å². The van der Waals surface area contributed by atoms with Gasteiger partial charge in [-0.05, 0) is 24.3 Å². The van der Waals surface area contributed by atoms with Crippen LogP contribution in [0.15, 0.2) is 24.3 Å². The first-order chi connectivity index (χ1) is 8.17. The average molecular weight is 458 g/mol. The quantitative estimate of drug-likeness (QED) is 0.525. The topological polar surface area (TPSA) is 32.3 Å². The zero-order valence-corrected chi connectivity index (χ0v) is 14.1. The molecule has 0 aliphatic carbocycles. The lowest BCUT2D eigenvalue weighted by atomic mass is 10.2. The van der Waals surface area contributed by atoms with Gasteiger partial charge in [0.25, 0.3) is 0 Å². The van der Waals surface area contributed by atoms with Gasteiger partial charge in [0.2, 0.25) is 5.91 Å². The summed E-state index contributed by atoms with van der Waals surface area (Å²) in [5.41, 5.74) is 2.07. The third-order valence-electron chi connectivity index (χ3n) is 2.26. The maximum atomic E-state index is 10.9. The lowest BCUT2D eigenvalue weighted by Gasteiger charge is -2.23. The standard InChI is InChI=1S/C12H16I2N2O/c1-10(17)15-11-2-4-12(5-3-11)16(8-6-13)9-7-14/h2-5H,6-9H2,1H3,(H,15,17). The van der Waals surface area contributed by atoms with Crippen LogP contribution in [0, 0.1) is 0 Å². The molecule has 1 aromatic rings. The van der Waals surface area contributed by atoms with Gasteiger partial charge in [-0.15, -0.1) is 0 Å². The second-order valence-electron chi connectivity index (χ2n) is 3.59. The Morgan fingerprint density at radius 3 is 2.12 bits per heavy atom. The van der Waals surface area contributed by atoms with Crippen molar-refractivity contribution in [1.82, 2.24) is 0 Å². The first-order valence-corrected chi connectivity index (χ1v) is 8.47. The van der Waals surface area contributed by atoms with Gasteiger partial charge in [-0.3, -0.25) is 4.79 Å². The van der Waals surface area contributed by atoms with Crippen molar-refractivity contribution in [3.05, 3.63) is 24.3 Å². The highest BCUT2D eigenvalue weighted by Crippen LogP contribution is 2.18. The van der Waals surface area contributed by atoms with E-state index in [4.69, 9.17) is 0 Å². The van der Waals surface area contributed by atoms with Crippen LogP contribution in [0.2, 0.25) is 0 Å². The number of anilines is 2. The van der Waals surface area contributed by atoms with Gasteiger partial charge in [0, 0.05) is 40.2 Å². The molecule has 1 aromatic carbocycles. The maximum absolute atomic E-state index is 10.9. The van der Waals surface area contributed by atoms with Crippen LogP contribution in [-0.2, 0) is 4.79 Å². The third kappa shape index (κ3) is 5.41. The number of carbonyl (C=O) groups excluding carboxylic acids is 1. The van der Waals surface area contributed by atoms with Gasteiger partial charge in [0.05, 0.1) is 0 Å². The summed E-state index contributed by atoms with van der Waals surface area (Å²) in [4.78, 5) is 13.3. The molecule has 5 heteroatoms. The van der Waals surface area contributed by atoms with Crippen LogP contribution in [0.3, 0.4) is 0 Å². The van der Waals surface area contributed by atoms with Gasteiger partial charge in [0.15, 0.2) is 0 Å². The second kappa shape index (κ2) is 8.12. The number of alkyl halides is 2. The summed E-state index contributed by atoms with van der Waals surface area (Å²) in [7, 11) is 0. The summed E-state index contributed by atoms with van der Waals surface area (Å²) < 4.78 is 2.23. The second-order valence-corrected chi connectivity index (χ2v) is 5.75. The number of rotatable bonds is 6. The zero-order valence-electron chi connectivity index (χ0n) is 9.75. The van der Waals surface area contributed by atoms with E-state index in [1.54, 1.807) is 0 Å². The van der Waals surface area contributed by atoms with Crippen molar-refractivity contribution in [3.63, 3.8) is 0 Å². The Bertz CT molecular complexity index is 348. The highest BCUT2D eigenvalue weighted by atomic mass is 127. The van der Waals surface area contributed by atoms with Gasteiger partial charge in [-0.2, -0.15) is 0 Å². The van der Waals surface area contributed by atoms with Crippen LogP contribution < -0.4 is 10.2 Å². The molecule has 0 unspecified atom stereocenters. The lowest BCUT2D eigenvalue weighted by molar-refractivity contribution is -0.114. The molecule has 0 atom stereocenters. The smallest absolute Gasteiger partial charge is 0.221 e. The fourth-order valence-corrected chi connectivity index (χ4v) is 2.70. The van der Waals surface area contributed by atoms with Gasteiger partial charge >= 0.3 is 0 Å². The van der Waals surface area contributed by atoms with E-state index < -0.39 is 0 Å². The molecule has 0 aromatic heterocycles. The average Bonchev–Trinajstić information content (AvgIpc) is 2.29. The number of nitrogens with zero attached hydrogens (tertiary/aromatic N) is 1. The van der Waals surface area contributed by atoms with E-state index in [0.717, 1.165) is 27.6 Å². The summed E-state index contributed by atoms with van der Waals surface area (Å²) in [6, 6.07) is 8.02. The first-order valence-electron chi connectivity index (χ1n) is 5.42. The predicted octanol–water partition coefficient (Wildman–Crippen LogP) is 3.32. The monoisotopic (exact) mass is 458 g/mol. The van der Waals surface area contributed by atoms with E-state index in [-0.39, 0.29) is 5.91 Å². The molecule has 1 N–H and O–H groups in total. The molecule has 3 nitrogen and oxygen atoms in total. The fraction of sp³-hybridized carbons (Fsp3) is 0.417. The Labute approximate surface area is 130 Å². The zero-order chi connectivity index (χ0) is 12.7. The molecular weight excluding hydrogens is 442 g/mol.